The molecule has 5 nitrogen and oxygen atoms in total. The molecule has 0 atom stereocenters. The van der Waals surface area contributed by atoms with E-state index in [1.165, 1.54) is 0 Å². The van der Waals surface area contributed by atoms with Crippen LogP contribution in [0.5, 0.6) is 11.5 Å². The summed E-state index contributed by atoms with van der Waals surface area (Å²) < 4.78 is 11.1. The lowest BCUT2D eigenvalue weighted by Crippen LogP contribution is -2.32. The molecule has 0 saturated heterocycles. The monoisotopic (exact) mass is 441 g/mol. The van der Waals surface area contributed by atoms with Crippen molar-refractivity contribution in [3.8, 4) is 22.6 Å². The van der Waals surface area contributed by atoms with Crippen molar-refractivity contribution in [2.75, 3.05) is 32.2 Å². The van der Waals surface area contributed by atoms with Crippen LogP contribution in [0.1, 0.15) is 13.8 Å². The molecule has 0 bridgehead atoms. The van der Waals surface area contributed by atoms with Crippen molar-refractivity contribution in [1.82, 2.24) is 10.3 Å². The van der Waals surface area contributed by atoms with Crippen LogP contribution < -0.4 is 19.7 Å². The number of nitrogens with one attached hydrogen (secondary N) is 1. The Labute approximate surface area is 196 Å². The molecule has 33 heavy (non-hydrogen) atoms. The molecule has 1 aromatic heterocycles. The van der Waals surface area contributed by atoms with E-state index in [2.05, 4.69) is 72.6 Å². The van der Waals surface area contributed by atoms with Crippen molar-refractivity contribution in [1.29, 1.82) is 0 Å². The molecule has 4 rings (SSSR count). The molecule has 0 radical (unpaired) electrons. The molecule has 0 aliphatic heterocycles. The Kier molecular flexibility index (Phi) is 7.10. The van der Waals surface area contributed by atoms with Gasteiger partial charge in [0.05, 0.1) is 19.7 Å². The van der Waals surface area contributed by atoms with E-state index in [1.54, 1.807) is 14.2 Å². The first-order valence-electron chi connectivity index (χ1n) is 11.3. The minimum Gasteiger partial charge on any atom is -0.497 e. The maximum atomic E-state index is 5.53. The molecule has 170 valence electrons. The van der Waals surface area contributed by atoms with E-state index >= 15 is 0 Å². The normalized spacial score (nSPS) is 11.1. The number of hydrogen-bond donors (Lipinski definition) is 1. The highest BCUT2D eigenvalue weighted by molar-refractivity contribution is 5.87. The third kappa shape index (κ3) is 5.44. The predicted molar refractivity (Wildman–Crippen MR) is 137 cm³/mol. The molecule has 1 heterocycles. The van der Waals surface area contributed by atoms with Crippen LogP contribution in [0, 0.1) is 0 Å². The summed E-state index contributed by atoms with van der Waals surface area (Å²) in [6.07, 6.45) is 1.94. The first-order chi connectivity index (χ1) is 16.1. The predicted octanol–water partition coefficient (Wildman–Crippen LogP) is 6.06. The molecule has 5 heteroatoms. The highest BCUT2D eigenvalue weighted by Crippen LogP contribution is 2.34. The summed E-state index contributed by atoms with van der Waals surface area (Å²) in [7, 11) is 3.35. The number of fused-ring (bicyclic) bond motifs is 1. The Bertz CT molecular complexity index is 1190. The molecule has 3 aromatic carbocycles. The first-order valence-corrected chi connectivity index (χ1v) is 11.3. The number of nitrogens with zero attached hydrogens (tertiary/aromatic N) is 2. The Morgan fingerprint density at radius 3 is 2.21 bits per heavy atom. The number of aromatic nitrogens is 1. The molecule has 4 aromatic rings. The number of hydrogen-bond acceptors (Lipinski definition) is 5. The van der Waals surface area contributed by atoms with Crippen molar-refractivity contribution >= 4 is 22.3 Å². The molecule has 0 fully saturated rings. The molecule has 1 N–H and O–H groups in total. The van der Waals surface area contributed by atoms with E-state index in [0.717, 1.165) is 58.0 Å². The maximum absolute atomic E-state index is 5.53. The summed E-state index contributed by atoms with van der Waals surface area (Å²) in [5.74, 6) is 1.53. The zero-order valence-corrected chi connectivity index (χ0v) is 19.7. The highest BCUT2D eigenvalue weighted by atomic mass is 16.5. The van der Waals surface area contributed by atoms with Gasteiger partial charge in [0, 0.05) is 65.9 Å². The zero-order valence-electron chi connectivity index (χ0n) is 19.7. The fourth-order valence-corrected chi connectivity index (χ4v) is 3.90. The van der Waals surface area contributed by atoms with Crippen molar-refractivity contribution in [3.63, 3.8) is 0 Å². The van der Waals surface area contributed by atoms with Gasteiger partial charge in [-0.05, 0) is 29.8 Å². The molecule has 0 saturated carbocycles. The number of pyridine rings is 1. The Hall–Kier alpha value is -3.57. The fraction of sp³-hybridized carbons (Fsp3) is 0.250. The standard InChI is InChI=1S/C28H31N3O2/c1-20(2)29-12-13-31(25-16-26(32-3)18-27(17-25)33-4)24-10-11-28-22(15-24)14-23(19-30-28)21-8-6-5-7-9-21/h5-11,14-20,29H,12-13H2,1-4H3. The van der Waals surface area contributed by atoms with E-state index < -0.39 is 0 Å². The van der Waals surface area contributed by atoms with Gasteiger partial charge >= 0.3 is 0 Å². The van der Waals surface area contributed by atoms with Crippen molar-refractivity contribution < 1.29 is 9.47 Å². The lowest BCUT2D eigenvalue weighted by molar-refractivity contribution is 0.394. The average molecular weight is 442 g/mol. The zero-order chi connectivity index (χ0) is 23.2. The molecular weight excluding hydrogens is 410 g/mol. The van der Waals surface area contributed by atoms with Crippen LogP contribution in [0.15, 0.2) is 79.0 Å². The Morgan fingerprint density at radius 1 is 0.818 bits per heavy atom. The Balaban J connectivity index is 1.76. The number of ether oxygens (including phenoxy) is 2. The van der Waals surface area contributed by atoms with Crippen LogP contribution in [-0.4, -0.2) is 38.3 Å². The number of benzene rings is 3. The lowest BCUT2D eigenvalue weighted by atomic mass is 10.0. The van der Waals surface area contributed by atoms with Crippen LogP contribution in [0.25, 0.3) is 22.0 Å². The summed E-state index contributed by atoms with van der Waals surface area (Å²) >= 11 is 0. The molecular formula is C28H31N3O2. The second-order valence-electron chi connectivity index (χ2n) is 8.30. The maximum Gasteiger partial charge on any atom is 0.124 e. The van der Waals surface area contributed by atoms with Gasteiger partial charge in [-0.1, -0.05) is 44.2 Å². The first kappa shape index (κ1) is 22.6. The molecule has 0 unspecified atom stereocenters. The number of rotatable bonds is 9. The van der Waals surface area contributed by atoms with E-state index in [1.807, 2.05) is 30.5 Å². The Morgan fingerprint density at radius 2 is 1.55 bits per heavy atom. The largest absolute Gasteiger partial charge is 0.497 e. The van der Waals surface area contributed by atoms with Crippen molar-refractivity contribution in [2.24, 2.45) is 0 Å². The summed E-state index contributed by atoms with van der Waals surface area (Å²) in [5.41, 5.74) is 5.35. The second kappa shape index (κ2) is 10.4. The summed E-state index contributed by atoms with van der Waals surface area (Å²) in [6, 6.07) is 25.4. The van der Waals surface area contributed by atoms with Crippen molar-refractivity contribution in [2.45, 2.75) is 19.9 Å². The number of anilines is 2. The van der Waals surface area contributed by atoms with Gasteiger partial charge in [-0.3, -0.25) is 4.98 Å². The van der Waals surface area contributed by atoms with Gasteiger partial charge in [-0.15, -0.1) is 0 Å². The van der Waals surface area contributed by atoms with Gasteiger partial charge in [0.1, 0.15) is 11.5 Å². The summed E-state index contributed by atoms with van der Waals surface area (Å²) in [6.45, 7) is 5.96. The van der Waals surface area contributed by atoms with Gasteiger partial charge < -0.3 is 19.7 Å². The van der Waals surface area contributed by atoms with Crippen molar-refractivity contribution in [3.05, 3.63) is 79.0 Å². The summed E-state index contributed by atoms with van der Waals surface area (Å²) in [5, 5.41) is 4.63. The van der Waals surface area contributed by atoms with Crippen LogP contribution in [0.4, 0.5) is 11.4 Å². The van der Waals surface area contributed by atoms with E-state index in [-0.39, 0.29) is 0 Å². The lowest BCUT2D eigenvalue weighted by Gasteiger charge is -2.27. The number of methoxy groups -OCH3 is 2. The third-order valence-corrected chi connectivity index (χ3v) is 5.62. The van der Waals surface area contributed by atoms with E-state index in [9.17, 15) is 0 Å². The van der Waals surface area contributed by atoms with E-state index in [0.29, 0.717) is 6.04 Å². The smallest absolute Gasteiger partial charge is 0.124 e. The molecule has 0 aliphatic rings. The molecule has 0 aliphatic carbocycles. The van der Waals surface area contributed by atoms with E-state index in [4.69, 9.17) is 14.5 Å². The van der Waals surface area contributed by atoms with Gasteiger partial charge in [-0.2, -0.15) is 0 Å². The fourth-order valence-electron chi connectivity index (χ4n) is 3.90. The van der Waals surface area contributed by atoms with Crippen LogP contribution >= 0.6 is 0 Å². The average Bonchev–Trinajstić information content (AvgIpc) is 2.86. The quantitative estimate of drug-likeness (QED) is 0.342. The van der Waals surface area contributed by atoms with Gasteiger partial charge in [-0.25, -0.2) is 0 Å². The second-order valence-corrected chi connectivity index (χ2v) is 8.30. The summed E-state index contributed by atoms with van der Waals surface area (Å²) in [4.78, 5) is 6.99. The topological polar surface area (TPSA) is 46.6 Å². The highest BCUT2D eigenvalue weighted by Gasteiger charge is 2.14. The SMILES string of the molecule is COc1cc(OC)cc(N(CCNC(C)C)c2ccc3ncc(-c4ccccc4)cc3c2)c1. The van der Waals surface area contributed by atoms with Gasteiger partial charge in [0.2, 0.25) is 0 Å². The third-order valence-electron chi connectivity index (χ3n) is 5.62. The van der Waals surface area contributed by atoms with Crippen LogP contribution in [0.3, 0.4) is 0 Å². The van der Waals surface area contributed by atoms with Crippen LogP contribution in [0.2, 0.25) is 0 Å². The minimum atomic E-state index is 0.418. The minimum absolute atomic E-state index is 0.418. The van der Waals surface area contributed by atoms with Gasteiger partial charge in [0.15, 0.2) is 0 Å². The van der Waals surface area contributed by atoms with Gasteiger partial charge in [0.25, 0.3) is 0 Å². The van der Waals surface area contributed by atoms with Crippen LogP contribution in [-0.2, 0) is 0 Å². The molecule has 0 spiro atoms. The molecule has 0 amide bonds.